The fourth-order valence-electron chi connectivity index (χ4n) is 2.21. The number of hydrogen-bond acceptors (Lipinski definition) is 4. The van der Waals surface area contributed by atoms with E-state index in [1.165, 1.54) is 4.57 Å². The van der Waals surface area contributed by atoms with Gasteiger partial charge in [-0.25, -0.2) is 14.3 Å². The monoisotopic (exact) mass is 267 g/mol. The average molecular weight is 267 g/mol. The Kier molecular flexibility index (Phi) is 2.64. The molecule has 20 heavy (non-hydrogen) atoms. The molecule has 0 spiro atoms. The van der Waals surface area contributed by atoms with Crippen molar-refractivity contribution in [1.82, 2.24) is 14.5 Å². The molecule has 0 unspecified atom stereocenters. The number of hydrogen-bond donors (Lipinski definition) is 3. The molecule has 0 bridgehead atoms. The van der Waals surface area contributed by atoms with Crippen molar-refractivity contribution in [2.24, 2.45) is 0 Å². The van der Waals surface area contributed by atoms with Gasteiger partial charge < -0.3 is 16.1 Å². The predicted octanol–water partition coefficient (Wildman–Crippen LogP) is 1.68. The van der Waals surface area contributed by atoms with Gasteiger partial charge >= 0.3 is 5.69 Å². The Morgan fingerprint density at radius 1 is 1.40 bits per heavy atom. The number of nitrogen functional groups attached to an aromatic ring is 1. The first-order valence-corrected chi connectivity index (χ1v) is 6.09. The van der Waals surface area contributed by atoms with Crippen LogP contribution in [-0.4, -0.2) is 20.2 Å². The molecule has 0 aliphatic rings. The molecule has 0 atom stereocenters. The minimum atomic E-state index is -0.266. The van der Waals surface area contributed by atoms with E-state index >= 15 is 0 Å². The van der Waals surface area contributed by atoms with Crippen LogP contribution in [0.4, 0.5) is 5.69 Å². The molecule has 3 aromatic rings. The molecule has 0 radical (unpaired) electrons. The molecule has 0 saturated heterocycles. The first-order valence-electron chi connectivity index (χ1n) is 6.09. The van der Waals surface area contributed by atoms with Gasteiger partial charge in [0.1, 0.15) is 0 Å². The van der Waals surface area contributed by atoms with Crippen molar-refractivity contribution in [3.8, 4) is 5.69 Å². The molecule has 0 aliphatic heterocycles. The largest absolute Gasteiger partial charge is 0.398 e. The Hall–Kier alpha value is -2.89. The summed E-state index contributed by atoms with van der Waals surface area (Å²) in [7, 11) is 0. The summed E-state index contributed by atoms with van der Waals surface area (Å²) in [4.78, 5) is 19.0. The van der Waals surface area contributed by atoms with Crippen LogP contribution in [0.3, 0.4) is 0 Å². The Morgan fingerprint density at radius 2 is 2.20 bits per heavy atom. The summed E-state index contributed by atoms with van der Waals surface area (Å²) >= 11 is 0. The normalized spacial score (nSPS) is 10.8. The summed E-state index contributed by atoms with van der Waals surface area (Å²) < 4.78 is 1.47. The highest BCUT2D eigenvalue weighted by molar-refractivity contribution is 6.01. The Bertz CT molecular complexity index is 875. The van der Waals surface area contributed by atoms with Crippen molar-refractivity contribution in [2.45, 2.75) is 6.92 Å². The zero-order chi connectivity index (χ0) is 14.3. The number of fused-ring (bicyclic) bond motifs is 1. The summed E-state index contributed by atoms with van der Waals surface area (Å²) in [6, 6.07) is 8.73. The van der Waals surface area contributed by atoms with Crippen molar-refractivity contribution in [1.29, 1.82) is 5.41 Å². The second kappa shape index (κ2) is 4.34. The lowest BCUT2D eigenvalue weighted by Crippen LogP contribution is -2.15. The number of H-pyrrole nitrogens is 1. The molecule has 100 valence electrons. The van der Waals surface area contributed by atoms with Crippen LogP contribution in [-0.2, 0) is 0 Å². The maximum Gasteiger partial charge on any atom is 0.332 e. The van der Waals surface area contributed by atoms with Gasteiger partial charge in [0, 0.05) is 23.2 Å². The van der Waals surface area contributed by atoms with Crippen molar-refractivity contribution >= 4 is 22.6 Å². The molecule has 1 aromatic carbocycles. The lowest BCUT2D eigenvalue weighted by molar-refractivity contribution is 1.00. The lowest BCUT2D eigenvalue weighted by atomic mass is 10.1. The maximum absolute atomic E-state index is 12.1. The Morgan fingerprint density at radius 3 is 2.90 bits per heavy atom. The number of nitrogens with one attached hydrogen (secondary N) is 2. The van der Waals surface area contributed by atoms with E-state index < -0.39 is 0 Å². The molecule has 2 aromatic heterocycles. The van der Waals surface area contributed by atoms with Gasteiger partial charge in [-0.1, -0.05) is 0 Å². The molecule has 0 amide bonds. The molecule has 2 heterocycles. The minimum absolute atomic E-state index is 0.266. The number of anilines is 1. The zero-order valence-corrected chi connectivity index (χ0v) is 10.8. The SMILES string of the molecule is CC(=N)c1ccc(-n2c(=O)[nH]c3cccnc32)cc1N. The van der Waals surface area contributed by atoms with E-state index in [1.807, 2.05) is 0 Å². The number of rotatable bonds is 2. The summed E-state index contributed by atoms with van der Waals surface area (Å²) in [5.74, 6) is 0. The van der Waals surface area contributed by atoms with Gasteiger partial charge in [0.25, 0.3) is 0 Å². The van der Waals surface area contributed by atoms with Crippen LogP contribution in [0.2, 0.25) is 0 Å². The van der Waals surface area contributed by atoms with E-state index in [0.29, 0.717) is 33.8 Å². The summed E-state index contributed by atoms with van der Waals surface area (Å²) in [6.45, 7) is 1.67. The third-order valence-electron chi connectivity index (χ3n) is 3.14. The van der Waals surface area contributed by atoms with Gasteiger partial charge in [0.2, 0.25) is 0 Å². The Balaban J connectivity index is 2.26. The molecule has 0 aliphatic carbocycles. The zero-order valence-electron chi connectivity index (χ0n) is 10.8. The van der Waals surface area contributed by atoms with Crippen LogP contribution in [0.25, 0.3) is 16.9 Å². The fraction of sp³-hybridized carbons (Fsp3) is 0.0714. The van der Waals surface area contributed by atoms with E-state index in [-0.39, 0.29) is 5.69 Å². The highest BCUT2D eigenvalue weighted by atomic mass is 16.1. The van der Waals surface area contributed by atoms with Gasteiger partial charge in [0.15, 0.2) is 5.65 Å². The van der Waals surface area contributed by atoms with E-state index in [1.54, 1.807) is 43.5 Å². The topological polar surface area (TPSA) is 101 Å². The maximum atomic E-state index is 12.1. The fourth-order valence-corrected chi connectivity index (χ4v) is 2.21. The molecule has 0 saturated carbocycles. The smallest absolute Gasteiger partial charge is 0.332 e. The number of pyridine rings is 1. The van der Waals surface area contributed by atoms with Crippen molar-refractivity contribution < 1.29 is 0 Å². The second-order valence-electron chi connectivity index (χ2n) is 4.54. The quantitative estimate of drug-likeness (QED) is 0.486. The number of imidazole rings is 1. The number of nitrogens with zero attached hydrogens (tertiary/aromatic N) is 2. The van der Waals surface area contributed by atoms with E-state index in [9.17, 15) is 4.79 Å². The first kappa shape index (κ1) is 12.2. The predicted molar refractivity (Wildman–Crippen MR) is 78.6 cm³/mol. The molecular weight excluding hydrogens is 254 g/mol. The van der Waals surface area contributed by atoms with Crippen LogP contribution in [0, 0.1) is 5.41 Å². The van der Waals surface area contributed by atoms with Crippen LogP contribution >= 0.6 is 0 Å². The van der Waals surface area contributed by atoms with Gasteiger partial charge in [-0.15, -0.1) is 0 Å². The van der Waals surface area contributed by atoms with Gasteiger partial charge in [-0.2, -0.15) is 0 Å². The molecule has 3 rings (SSSR count). The minimum Gasteiger partial charge on any atom is -0.398 e. The number of nitrogens with two attached hydrogens (primary N) is 1. The molecular formula is C14H13N5O. The van der Waals surface area contributed by atoms with E-state index in [4.69, 9.17) is 11.1 Å². The summed E-state index contributed by atoms with van der Waals surface area (Å²) in [5.41, 5.74) is 9.03. The number of benzene rings is 1. The highest BCUT2D eigenvalue weighted by Gasteiger charge is 2.11. The van der Waals surface area contributed by atoms with Gasteiger partial charge in [-0.3, -0.25) is 0 Å². The van der Waals surface area contributed by atoms with Crippen molar-refractivity contribution in [2.75, 3.05) is 5.73 Å². The van der Waals surface area contributed by atoms with Crippen LogP contribution in [0.5, 0.6) is 0 Å². The van der Waals surface area contributed by atoms with E-state index in [0.717, 1.165) is 0 Å². The second-order valence-corrected chi connectivity index (χ2v) is 4.54. The van der Waals surface area contributed by atoms with Crippen LogP contribution in [0.15, 0.2) is 41.3 Å². The first-order chi connectivity index (χ1) is 9.58. The van der Waals surface area contributed by atoms with Gasteiger partial charge in [0.05, 0.1) is 11.2 Å². The Labute approximate surface area is 114 Å². The number of aromatic amines is 1. The highest BCUT2D eigenvalue weighted by Crippen LogP contribution is 2.19. The third kappa shape index (κ3) is 1.78. The van der Waals surface area contributed by atoms with E-state index in [2.05, 4.69) is 9.97 Å². The standard InChI is InChI=1S/C14H13N5O/c1-8(15)10-5-4-9(7-11(10)16)19-13-12(18-14(19)20)3-2-6-17-13/h2-7,15H,16H2,1H3,(H,18,20). The van der Waals surface area contributed by atoms with Gasteiger partial charge in [-0.05, 0) is 37.3 Å². The summed E-state index contributed by atoms with van der Waals surface area (Å²) in [6.07, 6.45) is 1.63. The van der Waals surface area contributed by atoms with Crippen LogP contribution < -0.4 is 11.4 Å². The molecule has 6 heteroatoms. The van der Waals surface area contributed by atoms with Crippen molar-refractivity contribution in [3.63, 3.8) is 0 Å². The van der Waals surface area contributed by atoms with Crippen molar-refractivity contribution in [3.05, 3.63) is 52.6 Å². The number of aromatic nitrogens is 3. The lowest BCUT2D eigenvalue weighted by Gasteiger charge is -2.07. The molecule has 6 nitrogen and oxygen atoms in total. The van der Waals surface area contributed by atoms with Crippen LogP contribution in [0.1, 0.15) is 12.5 Å². The molecule has 0 fully saturated rings. The average Bonchev–Trinajstić information content (AvgIpc) is 2.73. The molecule has 4 N–H and O–H groups in total. The third-order valence-corrected chi connectivity index (χ3v) is 3.14. The summed E-state index contributed by atoms with van der Waals surface area (Å²) in [5, 5.41) is 7.63.